The van der Waals surface area contributed by atoms with Crippen molar-refractivity contribution in [2.75, 3.05) is 19.8 Å². The Morgan fingerprint density at radius 2 is 1.76 bits per heavy atom. The van der Waals surface area contributed by atoms with Crippen molar-refractivity contribution >= 4 is 50.4 Å². The van der Waals surface area contributed by atoms with Gasteiger partial charge in [-0.2, -0.15) is 0 Å². The largest absolute Gasteiger partial charge is 0.481 e. The smallest absolute Gasteiger partial charge is 0.344 e. The molecule has 0 aliphatic heterocycles. The first-order valence-corrected chi connectivity index (χ1v) is 10.2. The average Bonchev–Trinajstić information content (AvgIpc) is 3.05. The van der Waals surface area contributed by atoms with E-state index in [-0.39, 0.29) is 19.8 Å². The molecule has 152 valence electrons. The van der Waals surface area contributed by atoms with Crippen LogP contribution < -0.4 is 4.74 Å². The minimum Gasteiger partial charge on any atom is -0.481 e. The monoisotopic (exact) mass is 479 g/mol. The van der Waals surface area contributed by atoms with E-state index in [0.717, 1.165) is 11.2 Å². The van der Waals surface area contributed by atoms with E-state index >= 15 is 0 Å². The van der Waals surface area contributed by atoms with Crippen molar-refractivity contribution < 1.29 is 23.8 Å². The molecule has 0 aliphatic carbocycles. The minimum absolute atomic E-state index is 0.232. The second-order valence-corrected chi connectivity index (χ2v) is 7.29. The maximum atomic E-state index is 12.5. The zero-order valence-electron chi connectivity index (χ0n) is 15.9. The maximum Gasteiger partial charge on any atom is 0.344 e. The van der Waals surface area contributed by atoms with Gasteiger partial charge in [0.2, 0.25) is 0 Å². The molecule has 2 aromatic carbocycles. The van der Waals surface area contributed by atoms with Crippen molar-refractivity contribution in [2.45, 2.75) is 13.8 Å². The molecule has 0 radical (unpaired) electrons. The highest BCUT2D eigenvalue weighted by Crippen LogP contribution is 2.35. The van der Waals surface area contributed by atoms with Crippen LogP contribution >= 0.6 is 27.5 Å². The number of hydrogen-bond donors (Lipinski definition) is 0. The number of esters is 2. The van der Waals surface area contributed by atoms with E-state index in [1.807, 2.05) is 22.8 Å². The second-order valence-electron chi connectivity index (χ2n) is 6.00. The van der Waals surface area contributed by atoms with Gasteiger partial charge in [-0.1, -0.05) is 11.6 Å². The van der Waals surface area contributed by atoms with Gasteiger partial charge in [0.15, 0.2) is 6.61 Å². The average molecular weight is 481 g/mol. The standard InChI is InChI=1S/C21H19BrClNO5/c1-3-27-20(25)12-29-19-9-15-16(21(26)28-4-2)11-24(18(15)10-17(19)22)14-7-5-13(23)6-8-14/h5-11H,3-4,12H2,1-2H3. The highest BCUT2D eigenvalue weighted by atomic mass is 79.9. The van der Waals surface area contributed by atoms with Crippen molar-refractivity contribution in [3.05, 3.63) is 57.7 Å². The number of halogens is 2. The van der Waals surface area contributed by atoms with Crippen LogP contribution in [0.15, 0.2) is 47.1 Å². The molecule has 0 atom stereocenters. The normalized spacial score (nSPS) is 10.8. The third kappa shape index (κ3) is 4.74. The topological polar surface area (TPSA) is 66.8 Å². The molecule has 3 rings (SSSR count). The number of hydrogen-bond acceptors (Lipinski definition) is 5. The van der Waals surface area contributed by atoms with Crippen LogP contribution in [0.3, 0.4) is 0 Å². The van der Waals surface area contributed by atoms with Gasteiger partial charge in [-0.05, 0) is 66.2 Å². The fourth-order valence-corrected chi connectivity index (χ4v) is 3.43. The Hall–Kier alpha value is -2.51. The number of fused-ring (bicyclic) bond motifs is 1. The molecule has 0 spiro atoms. The van der Waals surface area contributed by atoms with Crippen molar-refractivity contribution in [2.24, 2.45) is 0 Å². The highest BCUT2D eigenvalue weighted by molar-refractivity contribution is 9.10. The van der Waals surface area contributed by atoms with E-state index in [0.29, 0.717) is 26.2 Å². The molecule has 3 aromatic rings. The van der Waals surface area contributed by atoms with Crippen molar-refractivity contribution in [1.29, 1.82) is 0 Å². The summed E-state index contributed by atoms with van der Waals surface area (Å²) in [7, 11) is 0. The molecule has 0 saturated heterocycles. The molecule has 1 aromatic heterocycles. The van der Waals surface area contributed by atoms with E-state index < -0.39 is 11.9 Å². The third-order valence-corrected chi connectivity index (χ3v) is 4.98. The summed E-state index contributed by atoms with van der Waals surface area (Å²) in [6, 6.07) is 10.8. The first-order chi connectivity index (χ1) is 13.9. The molecular formula is C21H19BrClNO5. The van der Waals surface area contributed by atoms with Gasteiger partial charge < -0.3 is 18.8 Å². The van der Waals surface area contributed by atoms with Crippen LogP contribution in [0, 0.1) is 0 Å². The lowest BCUT2D eigenvalue weighted by molar-refractivity contribution is -0.145. The molecule has 0 saturated carbocycles. The quantitative estimate of drug-likeness (QED) is 0.437. The summed E-state index contributed by atoms with van der Waals surface area (Å²) in [4.78, 5) is 24.1. The summed E-state index contributed by atoms with van der Waals surface area (Å²) in [6.45, 7) is 3.78. The first kappa shape index (κ1) is 21.2. The SMILES string of the molecule is CCOC(=O)COc1cc2c(C(=O)OCC)cn(-c3ccc(Cl)cc3)c2cc1Br. The summed E-state index contributed by atoms with van der Waals surface area (Å²) in [5.41, 5.74) is 2.00. The third-order valence-electron chi connectivity index (χ3n) is 4.11. The first-order valence-electron chi connectivity index (χ1n) is 9.00. The van der Waals surface area contributed by atoms with Crippen LogP contribution in [0.2, 0.25) is 5.02 Å². The lowest BCUT2D eigenvalue weighted by Crippen LogP contribution is -2.14. The van der Waals surface area contributed by atoms with Crippen molar-refractivity contribution in [1.82, 2.24) is 4.57 Å². The molecule has 0 N–H and O–H groups in total. The Bertz CT molecular complexity index is 1050. The van der Waals surface area contributed by atoms with Crippen LogP contribution in [0.5, 0.6) is 5.75 Å². The predicted molar refractivity (Wildman–Crippen MR) is 114 cm³/mol. The Labute approximate surface area is 181 Å². The summed E-state index contributed by atoms with van der Waals surface area (Å²) in [5.74, 6) is -0.488. The van der Waals surface area contributed by atoms with E-state index in [9.17, 15) is 9.59 Å². The lowest BCUT2D eigenvalue weighted by atomic mass is 10.1. The Morgan fingerprint density at radius 3 is 2.41 bits per heavy atom. The number of aromatic nitrogens is 1. The van der Waals surface area contributed by atoms with Gasteiger partial charge >= 0.3 is 11.9 Å². The summed E-state index contributed by atoms with van der Waals surface area (Å²) in [6.07, 6.45) is 1.72. The zero-order valence-corrected chi connectivity index (χ0v) is 18.2. The van der Waals surface area contributed by atoms with Crippen LogP contribution in [-0.4, -0.2) is 36.3 Å². The lowest BCUT2D eigenvalue weighted by Gasteiger charge is -2.10. The minimum atomic E-state index is -0.469. The maximum absolute atomic E-state index is 12.5. The van der Waals surface area contributed by atoms with E-state index in [1.165, 1.54) is 0 Å². The number of rotatable bonds is 7. The molecule has 0 unspecified atom stereocenters. The number of carbonyl (C=O) groups excluding carboxylic acids is 2. The van der Waals surface area contributed by atoms with Crippen LogP contribution in [0.25, 0.3) is 16.6 Å². The number of nitrogens with zero attached hydrogens (tertiary/aromatic N) is 1. The van der Waals surface area contributed by atoms with Gasteiger partial charge in [-0.3, -0.25) is 0 Å². The van der Waals surface area contributed by atoms with E-state index in [2.05, 4.69) is 15.9 Å². The molecule has 8 heteroatoms. The molecule has 0 bridgehead atoms. The highest BCUT2D eigenvalue weighted by Gasteiger charge is 2.20. The fraction of sp³-hybridized carbons (Fsp3) is 0.238. The van der Waals surface area contributed by atoms with Gasteiger partial charge in [0.1, 0.15) is 5.75 Å². The summed E-state index contributed by atoms with van der Waals surface area (Å²) < 4.78 is 18.2. The Kier molecular flexibility index (Phi) is 6.82. The Morgan fingerprint density at radius 1 is 1.07 bits per heavy atom. The van der Waals surface area contributed by atoms with Crippen LogP contribution in [0.1, 0.15) is 24.2 Å². The Balaban J connectivity index is 2.09. The van der Waals surface area contributed by atoms with E-state index in [4.69, 9.17) is 25.8 Å². The molecule has 6 nitrogen and oxygen atoms in total. The van der Waals surface area contributed by atoms with Crippen LogP contribution in [-0.2, 0) is 14.3 Å². The van der Waals surface area contributed by atoms with Crippen molar-refractivity contribution in [3.8, 4) is 11.4 Å². The molecule has 0 aliphatic rings. The zero-order chi connectivity index (χ0) is 21.0. The number of ether oxygens (including phenoxy) is 3. The van der Waals surface area contributed by atoms with Gasteiger partial charge in [0.25, 0.3) is 0 Å². The van der Waals surface area contributed by atoms with Gasteiger partial charge in [-0.25, -0.2) is 9.59 Å². The van der Waals surface area contributed by atoms with E-state index in [1.54, 1.807) is 38.2 Å². The summed E-state index contributed by atoms with van der Waals surface area (Å²) in [5, 5.41) is 1.26. The molecule has 0 amide bonds. The molecule has 0 fully saturated rings. The second kappa shape index (κ2) is 9.33. The fourth-order valence-electron chi connectivity index (χ4n) is 2.86. The van der Waals surface area contributed by atoms with Crippen LogP contribution in [0.4, 0.5) is 0 Å². The van der Waals surface area contributed by atoms with Gasteiger partial charge in [0, 0.05) is 22.3 Å². The van der Waals surface area contributed by atoms with Gasteiger partial charge in [0.05, 0.1) is 28.8 Å². The predicted octanol–water partition coefficient (Wildman–Crippen LogP) is 5.17. The number of benzene rings is 2. The molecule has 1 heterocycles. The molecule has 29 heavy (non-hydrogen) atoms. The van der Waals surface area contributed by atoms with Gasteiger partial charge in [-0.15, -0.1) is 0 Å². The number of carbonyl (C=O) groups is 2. The molecular weight excluding hydrogens is 462 g/mol. The summed E-state index contributed by atoms with van der Waals surface area (Å²) >= 11 is 9.47. The van der Waals surface area contributed by atoms with Crippen molar-refractivity contribution in [3.63, 3.8) is 0 Å².